The highest BCUT2D eigenvalue weighted by Crippen LogP contribution is 2.29. The Morgan fingerprint density at radius 1 is 0.721 bits per heavy atom. The van der Waals surface area contributed by atoms with Crippen molar-refractivity contribution in [3.8, 4) is 23.0 Å². The minimum absolute atomic E-state index is 0.164. The molecule has 10 heteroatoms. The van der Waals surface area contributed by atoms with Gasteiger partial charge in [-0.15, -0.1) is 0 Å². The second kappa shape index (κ2) is 13.1. The van der Waals surface area contributed by atoms with E-state index in [1.807, 2.05) is 97.5 Å². The summed E-state index contributed by atoms with van der Waals surface area (Å²) in [6, 6.07) is 21.7. The molecule has 10 nitrogen and oxygen atoms in total. The van der Waals surface area contributed by atoms with E-state index >= 15 is 0 Å². The van der Waals surface area contributed by atoms with E-state index in [-0.39, 0.29) is 11.8 Å². The number of amides is 2. The summed E-state index contributed by atoms with van der Waals surface area (Å²) in [6.07, 6.45) is 9.54. The first-order valence-electron chi connectivity index (χ1n) is 14.1. The number of rotatable bonds is 11. The van der Waals surface area contributed by atoms with E-state index in [4.69, 9.17) is 9.47 Å². The number of hydrogen-bond donors (Lipinski definition) is 2. The molecule has 5 rings (SSSR count). The molecule has 0 fully saturated rings. The van der Waals surface area contributed by atoms with Crippen molar-refractivity contribution in [1.29, 1.82) is 0 Å². The van der Waals surface area contributed by atoms with E-state index < -0.39 is 0 Å². The van der Waals surface area contributed by atoms with Gasteiger partial charge in [0, 0.05) is 17.4 Å². The number of anilines is 2. The molecule has 0 spiro atoms. The molecule has 0 aliphatic rings. The van der Waals surface area contributed by atoms with Gasteiger partial charge in [0.15, 0.2) is 0 Å². The Hall–Kier alpha value is -5.38. The van der Waals surface area contributed by atoms with Gasteiger partial charge in [-0.2, -0.15) is 0 Å². The number of hydrogen-bond acceptors (Lipinski definition) is 4. The maximum Gasteiger partial charge on any atom is 0.348 e. The Morgan fingerprint density at radius 3 is 1.74 bits per heavy atom. The minimum Gasteiger partial charge on any atom is -0.457 e. The Kier molecular flexibility index (Phi) is 8.85. The average molecular weight is 581 g/mol. The highest BCUT2D eigenvalue weighted by molar-refractivity contribution is 6.01. The van der Waals surface area contributed by atoms with Gasteiger partial charge in [-0.05, 0) is 67.1 Å². The van der Waals surface area contributed by atoms with Gasteiger partial charge < -0.3 is 20.1 Å². The van der Waals surface area contributed by atoms with Crippen LogP contribution in [0.2, 0.25) is 0 Å². The zero-order valence-electron chi connectivity index (χ0n) is 24.8. The van der Waals surface area contributed by atoms with Crippen LogP contribution in [0.5, 0.6) is 23.0 Å². The molecular weight excluding hydrogens is 544 g/mol. The van der Waals surface area contributed by atoms with Crippen molar-refractivity contribution in [2.45, 2.75) is 26.3 Å². The third kappa shape index (κ3) is 7.10. The van der Waals surface area contributed by atoms with Gasteiger partial charge >= 0.3 is 23.5 Å². The van der Waals surface area contributed by atoms with Gasteiger partial charge in [-0.1, -0.05) is 19.4 Å². The third-order valence-electron chi connectivity index (χ3n) is 6.92. The normalized spacial score (nSPS) is 10.8. The van der Waals surface area contributed by atoms with Crippen LogP contribution in [-0.4, -0.2) is 20.9 Å². The van der Waals surface area contributed by atoms with Crippen LogP contribution in [0.25, 0.3) is 0 Å². The number of unbranched alkanes of at least 4 members (excludes halogenated alkanes) is 1. The smallest absolute Gasteiger partial charge is 0.348 e. The predicted octanol–water partition coefficient (Wildman–Crippen LogP) is 5.36. The van der Waals surface area contributed by atoms with Crippen molar-refractivity contribution in [3.05, 3.63) is 109 Å². The van der Waals surface area contributed by atoms with Crippen molar-refractivity contribution in [3.63, 3.8) is 0 Å². The van der Waals surface area contributed by atoms with E-state index in [0.29, 0.717) is 46.0 Å². The minimum atomic E-state index is -0.199. The van der Waals surface area contributed by atoms with Gasteiger partial charge in [0.25, 0.3) is 0 Å². The van der Waals surface area contributed by atoms with Gasteiger partial charge in [-0.25, -0.2) is 18.3 Å². The molecule has 2 N–H and O–H groups in total. The molecule has 0 bridgehead atoms. The molecule has 5 aromatic rings. The second-order valence-electron chi connectivity index (χ2n) is 10.3. The Morgan fingerprint density at radius 2 is 1.23 bits per heavy atom. The lowest BCUT2D eigenvalue weighted by Gasteiger charge is -2.11. The SMILES string of the molecule is CCCCn1cc[n+](C)c1C(=O)Nc1ccc(Oc2cccc(Oc3ccc(NC(=O)c4n(C)cc[n+]4C)cc3)c2)cc1. The quantitative estimate of drug-likeness (QED) is 0.206. The molecule has 0 radical (unpaired) electrons. The van der Waals surface area contributed by atoms with Crippen molar-refractivity contribution in [1.82, 2.24) is 9.13 Å². The molecule has 2 amide bonds. The molecule has 0 aliphatic heterocycles. The first-order chi connectivity index (χ1) is 20.8. The molecule has 43 heavy (non-hydrogen) atoms. The lowest BCUT2D eigenvalue weighted by molar-refractivity contribution is -0.672. The summed E-state index contributed by atoms with van der Waals surface area (Å²) in [6.45, 7) is 2.93. The Labute approximate surface area is 250 Å². The Bertz CT molecular complexity index is 1700. The molecule has 0 atom stereocenters. The highest BCUT2D eigenvalue weighted by atomic mass is 16.5. The molecule has 0 aliphatic carbocycles. The number of imidazole rings is 2. The van der Waals surface area contributed by atoms with Crippen LogP contribution in [0.4, 0.5) is 11.4 Å². The molecule has 2 heterocycles. The van der Waals surface area contributed by atoms with Crippen molar-refractivity contribution in [2.24, 2.45) is 21.1 Å². The zero-order valence-corrected chi connectivity index (χ0v) is 24.8. The van der Waals surface area contributed by atoms with E-state index in [1.165, 1.54) is 0 Å². The van der Waals surface area contributed by atoms with E-state index in [1.54, 1.807) is 39.5 Å². The summed E-state index contributed by atoms with van der Waals surface area (Å²) in [5.74, 6) is 3.23. The molecule has 3 aromatic carbocycles. The molecule has 0 unspecified atom stereocenters. The summed E-state index contributed by atoms with van der Waals surface area (Å²) in [7, 11) is 5.52. The fourth-order valence-electron chi connectivity index (χ4n) is 4.69. The number of aromatic nitrogens is 4. The van der Waals surface area contributed by atoms with E-state index in [9.17, 15) is 9.59 Å². The topological polar surface area (TPSA) is 94.3 Å². The lowest BCUT2D eigenvalue weighted by Crippen LogP contribution is -2.37. The molecule has 2 aromatic heterocycles. The van der Waals surface area contributed by atoms with Gasteiger partial charge in [-0.3, -0.25) is 9.59 Å². The number of carbonyl (C=O) groups is 2. The van der Waals surface area contributed by atoms with E-state index in [0.717, 1.165) is 19.4 Å². The summed E-state index contributed by atoms with van der Waals surface area (Å²) in [5, 5.41) is 5.88. The maximum atomic E-state index is 13.0. The molecular formula is C33H36N6O4+2. The van der Waals surface area contributed by atoms with Crippen molar-refractivity contribution >= 4 is 23.2 Å². The number of ether oxygens (including phenoxy) is 2. The van der Waals surface area contributed by atoms with Crippen molar-refractivity contribution < 1.29 is 28.2 Å². The van der Waals surface area contributed by atoms with Crippen LogP contribution < -0.4 is 29.2 Å². The zero-order chi connectivity index (χ0) is 30.3. The highest BCUT2D eigenvalue weighted by Gasteiger charge is 2.23. The lowest BCUT2D eigenvalue weighted by atomic mass is 10.2. The van der Waals surface area contributed by atoms with Crippen LogP contribution in [0.3, 0.4) is 0 Å². The van der Waals surface area contributed by atoms with Crippen LogP contribution >= 0.6 is 0 Å². The average Bonchev–Trinajstić information content (AvgIpc) is 3.54. The number of nitrogens with zero attached hydrogens (tertiary/aromatic N) is 4. The molecule has 0 saturated carbocycles. The number of benzene rings is 3. The summed E-state index contributed by atoms with van der Waals surface area (Å²) < 4.78 is 19.4. The third-order valence-corrected chi connectivity index (χ3v) is 6.92. The maximum absolute atomic E-state index is 13.0. The summed E-state index contributed by atoms with van der Waals surface area (Å²) in [4.78, 5) is 25.6. The predicted molar refractivity (Wildman–Crippen MR) is 162 cm³/mol. The number of carbonyl (C=O) groups excluding carboxylic acids is 2. The van der Waals surface area contributed by atoms with Crippen LogP contribution in [0.15, 0.2) is 97.6 Å². The van der Waals surface area contributed by atoms with Gasteiger partial charge in [0.2, 0.25) is 0 Å². The number of nitrogens with one attached hydrogen (secondary N) is 2. The summed E-state index contributed by atoms with van der Waals surface area (Å²) in [5.41, 5.74) is 1.34. The monoisotopic (exact) mass is 580 g/mol. The standard InChI is InChI=1S/C33H34N6O4/c1-5-6-18-39-22-21-38(4)33(39)31(41)35-25-12-16-27(17-13-25)43-29-9-7-8-28(23-29)42-26-14-10-24(11-15-26)34-30(40)32-36(2)19-20-37(32)3/h7-17,19-23H,5-6,18H2,1-4H3/p+2. The molecule has 0 saturated heterocycles. The van der Waals surface area contributed by atoms with Crippen LogP contribution in [-0.2, 0) is 27.7 Å². The number of aryl methyl sites for hydroxylation is 4. The van der Waals surface area contributed by atoms with Crippen molar-refractivity contribution in [2.75, 3.05) is 10.6 Å². The van der Waals surface area contributed by atoms with Crippen LogP contribution in [0.1, 0.15) is 41.0 Å². The van der Waals surface area contributed by atoms with Gasteiger partial charge in [0.05, 0.1) is 27.7 Å². The first-order valence-corrected chi connectivity index (χ1v) is 14.1. The van der Waals surface area contributed by atoms with E-state index in [2.05, 4.69) is 17.6 Å². The largest absolute Gasteiger partial charge is 0.457 e. The summed E-state index contributed by atoms with van der Waals surface area (Å²) >= 11 is 0. The fraction of sp³-hybridized carbons (Fsp3) is 0.212. The van der Waals surface area contributed by atoms with Gasteiger partial charge in [0.1, 0.15) is 47.8 Å². The first kappa shape index (κ1) is 29.1. The Balaban J connectivity index is 1.17. The molecule has 220 valence electrons. The fourth-order valence-corrected chi connectivity index (χ4v) is 4.69. The van der Waals surface area contributed by atoms with Crippen LogP contribution in [0, 0.1) is 0 Å². The second-order valence-corrected chi connectivity index (χ2v) is 10.3.